The predicted octanol–water partition coefficient (Wildman–Crippen LogP) is 2.61. The monoisotopic (exact) mass is 274 g/mol. The molecular weight excluding hydrogens is 263 g/mol. The Morgan fingerprint density at radius 2 is 2.18 bits per heavy atom. The number of pyridine rings is 1. The average molecular weight is 275 g/mol. The van der Waals surface area contributed by atoms with Crippen LogP contribution >= 0.6 is 23.2 Å². The molecule has 0 aliphatic heterocycles. The Hall–Kier alpha value is -1.00. The third kappa shape index (κ3) is 2.19. The SMILES string of the molecule is COc1ccc(NC(=O)C2(C)CC2(Cl)Cl)cn1. The zero-order valence-corrected chi connectivity index (χ0v) is 11.0. The fraction of sp³-hybridized carbons (Fsp3) is 0.455. The van der Waals surface area contributed by atoms with Gasteiger partial charge in [0.15, 0.2) is 0 Å². The maximum atomic E-state index is 11.9. The molecule has 1 amide bonds. The molecule has 1 aliphatic carbocycles. The molecule has 2 rings (SSSR count). The third-order valence-electron chi connectivity index (χ3n) is 2.96. The maximum absolute atomic E-state index is 11.9. The second-order valence-corrected chi connectivity index (χ2v) is 5.74. The average Bonchev–Trinajstić information content (AvgIpc) is 2.81. The van der Waals surface area contributed by atoms with Crippen LogP contribution < -0.4 is 10.1 Å². The summed E-state index contributed by atoms with van der Waals surface area (Å²) in [5.74, 6) is 0.291. The first-order valence-electron chi connectivity index (χ1n) is 5.08. The van der Waals surface area contributed by atoms with E-state index in [0.717, 1.165) is 0 Å². The molecule has 0 bridgehead atoms. The fourth-order valence-corrected chi connectivity index (χ4v) is 2.20. The normalized spacial score (nSPS) is 25.2. The number of anilines is 1. The van der Waals surface area contributed by atoms with Gasteiger partial charge < -0.3 is 10.1 Å². The molecule has 0 saturated heterocycles. The standard InChI is InChI=1S/C11H12Cl2N2O2/c1-10(6-11(10,12)13)9(16)15-7-3-4-8(17-2)14-5-7/h3-5H,6H2,1-2H3,(H,15,16). The minimum absolute atomic E-state index is 0.200. The van der Waals surface area contributed by atoms with Crippen LogP contribution in [0.15, 0.2) is 18.3 Å². The van der Waals surface area contributed by atoms with E-state index in [0.29, 0.717) is 18.0 Å². The summed E-state index contributed by atoms with van der Waals surface area (Å²) in [5.41, 5.74) is -0.135. The smallest absolute Gasteiger partial charge is 0.233 e. The number of hydrogen-bond acceptors (Lipinski definition) is 3. The van der Waals surface area contributed by atoms with E-state index in [9.17, 15) is 4.79 Å². The van der Waals surface area contributed by atoms with Crippen molar-refractivity contribution in [3.63, 3.8) is 0 Å². The van der Waals surface area contributed by atoms with Crippen molar-refractivity contribution in [1.29, 1.82) is 0 Å². The molecule has 92 valence electrons. The van der Waals surface area contributed by atoms with E-state index in [2.05, 4.69) is 10.3 Å². The van der Waals surface area contributed by atoms with Crippen LogP contribution in [0.3, 0.4) is 0 Å². The Kier molecular flexibility index (Phi) is 2.96. The number of carbonyl (C=O) groups excluding carboxylic acids is 1. The molecule has 0 radical (unpaired) electrons. The summed E-state index contributed by atoms with van der Waals surface area (Å²) >= 11 is 11.9. The van der Waals surface area contributed by atoms with E-state index in [1.807, 2.05) is 0 Å². The van der Waals surface area contributed by atoms with Gasteiger partial charge in [-0.25, -0.2) is 4.98 Å². The number of hydrogen-bond donors (Lipinski definition) is 1. The number of ether oxygens (including phenoxy) is 1. The van der Waals surface area contributed by atoms with Crippen LogP contribution in [0, 0.1) is 5.41 Å². The summed E-state index contributed by atoms with van der Waals surface area (Å²) in [6.07, 6.45) is 1.98. The van der Waals surface area contributed by atoms with Crippen LogP contribution in [0.4, 0.5) is 5.69 Å². The number of methoxy groups -OCH3 is 1. The molecule has 1 aromatic rings. The molecule has 1 N–H and O–H groups in total. The Morgan fingerprint density at radius 3 is 2.59 bits per heavy atom. The van der Waals surface area contributed by atoms with Crippen molar-refractivity contribution in [1.82, 2.24) is 4.98 Å². The Labute approximate surface area is 109 Å². The Balaban J connectivity index is 2.04. The van der Waals surface area contributed by atoms with Gasteiger partial charge in [-0.05, 0) is 19.4 Å². The predicted molar refractivity (Wildman–Crippen MR) is 66.6 cm³/mol. The first kappa shape index (κ1) is 12.5. The maximum Gasteiger partial charge on any atom is 0.233 e. The van der Waals surface area contributed by atoms with Gasteiger partial charge in [0.2, 0.25) is 11.8 Å². The number of nitrogens with zero attached hydrogens (tertiary/aromatic N) is 1. The molecule has 0 aromatic carbocycles. The molecule has 17 heavy (non-hydrogen) atoms. The van der Waals surface area contributed by atoms with Crippen molar-refractivity contribution in [3.05, 3.63) is 18.3 Å². The number of alkyl halides is 2. The molecule has 1 heterocycles. The first-order chi connectivity index (χ1) is 7.89. The Bertz CT molecular complexity index is 447. The lowest BCUT2D eigenvalue weighted by atomic mass is 10.1. The lowest BCUT2D eigenvalue weighted by Crippen LogP contribution is -2.25. The van der Waals surface area contributed by atoms with Gasteiger partial charge >= 0.3 is 0 Å². The van der Waals surface area contributed by atoms with E-state index in [1.165, 1.54) is 13.3 Å². The summed E-state index contributed by atoms with van der Waals surface area (Å²) < 4.78 is 3.96. The van der Waals surface area contributed by atoms with Gasteiger partial charge in [0.25, 0.3) is 0 Å². The molecular formula is C11H12Cl2N2O2. The number of nitrogens with one attached hydrogen (secondary N) is 1. The highest BCUT2D eigenvalue weighted by Crippen LogP contribution is 2.64. The topological polar surface area (TPSA) is 51.2 Å². The minimum atomic E-state index is -0.961. The van der Waals surface area contributed by atoms with Crippen molar-refractivity contribution in [2.75, 3.05) is 12.4 Å². The van der Waals surface area contributed by atoms with Gasteiger partial charge in [0, 0.05) is 6.07 Å². The lowest BCUT2D eigenvalue weighted by Gasteiger charge is -2.12. The third-order valence-corrected chi connectivity index (χ3v) is 4.06. The van der Waals surface area contributed by atoms with E-state index in [4.69, 9.17) is 27.9 Å². The molecule has 4 nitrogen and oxygen atoms in total. The van der Waals surface area contributed by atoms with Crippen molar-refractivity contribution in [3.8, 4) is 5.88 Å². The number of amides is 1. The fourth-order valence-electron chi connectivity index (χ4n) is 1.49. The second-order valence-electron chi connectivity index (χ2n) is 4.26. The summed E-state index contributed by atoms with van der Waals surface area (Å²) in [6.45, 7) is 1.74. The van der Waals surface area contributed by atoms with Crippen LogP contribution in [0.5, 0.6) is 5.88 Å². The van der Waals surface area contributed by atoms with Crippen LogP contribution in [-0.4, -0.2) is 22.3 Å². The summed E-state index contributed by atoms with van der Waals surface area (Å²) in [6, 6.07) is 3.37. The second kappa shape index (κ2) is 4.03. The van der Waals surface area contributed by atoms with E-state index < -0.39 is 9.75 Å². The zero-order chi connectivity index (χ0) is 12.7. The molecule has 1 atom stereocenters. The molecule has 1 unspecified atom stereocenters. The van der Waals surface area contributed by atoms with Gasteiger partial charge in [0.1, 0.15) is 4.33 Å². The molecule has 1 aromatic heterocycles. The van der Waals surface area contributed by atoms with Crippen molar-refractivity contribution in [2.24, 2.45) is 5.41 Å². The van der Waals surface area contributed by atoms with Crippen LogP contribution in [-0.2, 0) is 4.79 Å². The van der Waals surface area contributed by atoms with E-state index >= 15 is 0 Å². The van der Waals surface area contributed by atoms with E-state index in [1.54, 1.807) is 19.1 Å². The number of aromatic nitrogens is 1. The van der Waals surface area contributed by atoms with Crippen LogP contribution in [0.2, 0.25) is 0 Å². The minimum Gasteiger partial charge on any atom is -0.481 e. The van der Waals surface area contributed by atoms with Gasteiger partial charge in [-0.15, -0.1) is 23.2 Å². The molecule has 1 fully saturated rings. The summed E-state index contributed by atoms with van der Waals surface area (Å²) in [5, 5.41) is 2.73. The highest BCUT2D eigenvalue weighted by atomic mass is 35.5. The molecule has 6 heteroatoms. The van der Waals surface area contributed by atoms with Gasteiger partial charge in [-0.1, -0.05) is 0 Å². The number of halogens is 2. The van der Waals surface area contributed by atoms with Crippen molar-refractivity contribution >= 4 is 34.8 Å². The zero-order valence-electron chi connectivity index (χ0n) is 9.46. The molecule has 0 spiro atoms. The quantitative estimate of drug-likeness (QED) is 0.863. The largest absolute Gasteiger partial charge is 0.481 e. The highest BCUT2D eigenvalue weighted by Gasteiger charge is 2.67. The first-order valence-corrected chi connectivity index (χ1v) is 5.84. The van der Waals surface area contributed by atoms with Gasteiger partial charge in [-0.3, -0.25) is 4.79 Å². The highest BCUT2D eigenvalue weighted by molar-refractivity contribution is 6.53. The van der Waals surface area contributed by atoms with Gasteiger partial charge in [-0.2, -0.15) is 0 Å². The van der Waals surface area contributed by atoms with Crippen molar-refractivity contribution < 1.29 is 9.53 Å². The number of carbonyl (C=O) groups is 1. The van der Waals surface area contributed by atoms with Crippen molar-refractivity contribution in [2.45, 2.75) is 17.7 Å². The lowest BCUT2D eigenvalue weighted by molar-refractivity contribution is -0.120. The van der Waals surface area contributed by atoms with Gasteiger partial charge in [0.05, 0.1) is 24.4 Å². The molecule has 1 aliphatic rings. The number of rotatable bonds is 3. The molecule has 1 saturated carbocycles. The summed E-state index contributed by atoms with van der Waals surface area (Å²) in [7, 11) is 1.53. The Morgan fingerprint density at radius 1 is 1.53 bits per heavy atom. The van der Waals surface area contributed by atoms with Crippen LogP contribution in [0.1, 0.15) is 13.3 Å². The summed E-state index contributed by atoms with van der Waals surface area (Å²) in [4.78, 5) is 15.9. The van der Waals surface area contributed by atoms with Crippen LogP contribution in [0.25, 0.3) is 0 Å². The van der Waals surface area contributed by atoms with E-state index in [-0.39, 0.29) is 5.91 Å².